The van der Waals surface area contributed by atoms with Gasteiger partial charge in [0.05, 0.1) is 11.4 Å². The number of fused-ring (bicyclic) bond motifs is 1. The van der Waals surface area contributed by atoms with Gasteiger partial charge in [-0.15, -0.1) is 11.3 Å². The molecule has 2 aromatic heterocycles. The van der Waals surface area contributed by atoms with E-state index in [9.17, 15) is 9.90 Å². The van der Waals surface area contributed by atoms with Gasteiger partial charge in [0, 0.05) is 15.5 Å². The summed E-state index contributed by atoms with van der Waals surface area (Å²) in [5, 5.41) is 10.1. The average Bonchev–Trinajstić information content (AvgIpc) is 2.82. The number of carboxylic acid groups (broad SMARTS) is 1. The highest BCUT2D eigenvalue weighted by atomic mass is 79.9. The highest BCUT2D eigenvalue weighted by Crippen LogP contribution is 2.37. The van der Waals surface area contributed by atoms with Crippen LogP contribution in [0.5, 0.6) is 0 Å². The van der Waals surface area contributed by atoms with Crippen molar-refractivity contribution in [3.8, 4) is 10.7 Å². The van der Waals surface area contributed by atoms with Crippen LogP contribution >= 0.6 is 27.3 Å². The molecule has 2 heterocycles. The molecule has 6 heteroatoms. The molecule has 0 bridgehead atoms. The highest BCUT2D eigenvalue weighted by molar-refractivity contribution is 9.10. The van der Waals surface area contributed by atoms with Crippen molar-refractivity contribution >= 4 is 33.2 Å². The number of nitrogens with zero attached hydrogens (tertiary/aromatic N) is 2. The Kier molecular flexibility index (Phi) is 3.36. The van der Waals surface area contributed by atoms with Gasteiger partial charge in [0.25, 0.3) is 0 Å². The van der Waals surface area contributed by atoms with Crippen molar-refractivity contribution < 1.29 is 9.90 Å². The Balaban J connectivity index is 2.02. The number of aliphatic carboxylic acids is 1. The Morgan fingerprint density at radius 3 is 3.00 bits per heavy atom. The second-order valence-corrected chi connectivity index (χ2v) is 6.47. The first-order chi connectivity index (χ1) is 9.15. The molecule has 1 atom stereocenters. The van der Waals surface area contributed by atoms with Crippen LogP contribution in [0.4, 0.5) is 0 Å². The lowest BCUT2D eigenvalue weighted by atomic mass is 9.91. The standard InChI is InChI=1S/C13H11BrN2O2S/c14-7-4-5-9(15-6-7)12-16-11-8(13(17)18)2-1-3-10(11)19-12/h4-6,8H,1-3H2,(H,17,18). The van der Waals surface area contributed by atoms with Crippen LogP contribution in [0, 0.1) is 0 Å². The number of pyridine rings is 1. The maximum Gasteiger partial charge on any atom is 0.312 e. The van der Waals surface area contributed by atoms with E-state index >= 15 is 0 Å². The lowest BCUT2D eigenvalue weighted by Gasteiger charge is -2.16. The number of halogens is 1. The van der Waals surface area contributed by atoms with Gasteiger partial charge in [-0.05, 0) is 47.3 Å². The molecule has 19 heavy (non-hydrogen) atoms. The molecule has 0 saturated carbocycles. The fourth-order valence-corrected chi connectivity index (χ4v) is 3.65. The maximum atomic E-state index is 11.3. The van der Waals surface area contributed by atoms with Crippen molar-refractivity contribution in [3.63, 3.8) is 0 Å². The van der Waals surface area contributed by atoms with Crippen LogP contribution in [0.1, 0.15) is 29.3 Å². The number of hydrogen-bond donors (Lipinski definition) is 1. The van der Waals surface area contributed by atoms with Gasteiger partial charge in [-0.25, -0.2) is 4.98 Å². The molecule has 0 aliphatic heterocycles. The number of carboxylic acids is 1. The summed E-state index contributed by atoms with van der Waals surface area (Å²) in [4.78, 5) is 21.2. The molecule has 0 fully saturated rings. The minimum atomic E-state index is -0.776. The Morgan fingerprint density at radius 1 is 1.47 bits per heavy atom. The third-order valence-electron chi connectivity index (χ3n) is 3.20. The fourth-order valence-electron chi connectivity index (χ4n) is 2.27. The van der Waals surface area contributed by atoms with E-state index in [4.69, 9.17) is 0 Å². The summed E-state index contributed by atoms with van der Waals surface area (Å²) in [5.41, 5.74) is 1.54. The molecule has 0 radical (unpaired) electrons. The zero-order valence-corrected chi connectivity index (χ0v) is 12.4. The summed E-state index contributed by atoms with van der Waals surface area (Å²) < 4.78 is 0.918. The smallest absolute Gasteiger partial charge is 0.312 e. The zero-order chi connectivity index (χ0) is 13.4. The summed E-state index contributed by atoms with van der Waals surface area (Å²) >= 11 is 4.91. The van der Waals surface area contributed by atoms with Crippen molar-refractivity contribution in [2.24, 2.45) is 0 Å². The Morgan fingerprint density at radius 2 is 2.32 bits per heavy atom. The quantitative estimate of drug-likeness (QED) is 0.910. The van der Waals surface area contributed by atoms with Gasteiger partial charge >= 0.3 is 5.97 Å². The van der Waals surface area contributed by atoms with Crippen LogP contribution in [0.3, 0.4) is 0 Å². The number of rotatable bonds is 2. The van der Waals surface area contributed by atoms with Gasteiger partial charge in [0.1, 0.15) is 10.9 Å². The third kappa shape index (κ3) is 2.42. The summed E-state index contributed by atoms with van der Waals surface area (Å²) in [6.07, 6.45) is 4.25. The van der Waals surface area contributed by atoms with Crippen molar-refractivity contribution in [1.29, 1.82) is 0 Å². The molecule has 0 spiro atoms. The largest absolute Gasteiger partial charge is 0.481 e. The topological polar surface area (TPSA) is 63.1 Å². The van der Waals surface area contributed by atoms with E-state index in [-0.39, 0.29) is 0 Å². The number of thiazole rings is 1. The molecular formula is C13H11BrN2O2S. The minimum Gasteiger partial charge on any atom is -0.481 e. The molecular weight excluding hydrogens is 328 g/mol. The Labute approximate surface area is 122 Å². The van der Waals surface area contributed by atoms with Crippen molar-refractivity contribution in [2.45, 2.75) is 25.2 Å². The molecule has 2 aromatic rings. The van der Waals surface area contributed by atoms with Crippen LogP contribution in [0.25, 0.3) is 10.7 Å². The average molecular weight is 339 g/mol. The van der Waals surface area contributed by atoms with Gasteiger partial charge in [0.2, 0.25) is 0 Å². The third-order valence-corrected chi connectivity index (χ3v) is 4.82. The van der Waals surface area contributed by atoms with Crippen LogP contribution in [0.2, 0.25) is 0 Å². The molecule has 1 unspecified atom stereocenters. The van der Waals surface area contributed by atoms with Gasteiger partial charge in [-0.2, -0.15) is 0 Å². The number of aryl methyl sites for hydroxylation is 1. The first-order valence-electron chi connectivity index (χ1n) is 5.99. The van der Waals surface area contributed by atoms with Crippen LogP contribution < -0.4 is 0 Å². The van der Waals surface area contributed by atoms with Gasteiger partial charge in [-0.3, -0.25) is 9.78 Å². The van der Waals surface area contributed by atoms with Crippen molar-refractivity contribution in [1.82, 2.24) is 9.97 Å². The normalized spacial score (nSPS) is 18.1. The predicted octanol–water partition coefficient (Wildman–Crippen LogP) is 3.47. The molecule has 1 aliphatic carbocycles. The van der Waals surface area contributed by atoms with E-state index in [1.807, 2.05) is 12.1 Å². The Bertz CT molecular complexity index is 624. The Hall–Kier alpha value is -1.27. The van der Waals surface area contributed by atoms with Gasteiger partial charge in [-0.1, -0.05) is 0 Å². The molecule has 0 saturated heterocycles. The lowest BCUT2D eigenvalue weighted by Crippen LogP contribution is -2.17. The minimum absolute atomic E-state index is 0.454. The van der Waals surface area contributed by atoms with Crippen LogP contribution in [0.15, 0.2) is 22.8 Å². The van der Waals surface area contributed by atoms with Crippen LogP contribution in [-0.2, 0) is 11.2 Å². The summed E-state index contributed by atoms with van der Waals surface area (Å²) in [7, 11) is 0. The predicted molar refractivity (Wildman–Crippen MR) is 76.4 cm³/mol. The van der Waals surface area contributed by atoms with E-state index in [0.717, 1.165) is 38.6 Å². The second-order valence-electron chi connectivity index (χ2n) is 4.47. The number of aromatic nitrogens is 2. The number of hydrogen-bond acceptors (Lipinski definition) is 4. The molecule has 0 aromatic carbocycles. The first kappa shape index (κ1) is 12.7. The lowest BCUT2D eigenvalue weighted by molar-refractivity contribution is -0.139. The van der Waals surface area contributed by atoms with E-state index in [0.29, 0.717) is 6.42 Å². The van der Waals surface area contributed by atoms with Crippen molar-refractivity contribution in [2.75, 3.05) is 0 Å². The van der Waals surface area contributed by atoms with Crippen LogP contribution in [-0.4, -0.2) is 21.0 Å². The molecule has 1 aliphatic rings. The van der Waals surface area contributed by atoms with Crippen molar-refractivity contribution in [3.05, 3.63) is 33.4 Å². The first-order valence-corrected chi connectivity index (χ1v) is 7.60. The van der Waals surface area contributed by atoms with E-state index in [2.05, 4.69) is 25.9 Å². The van der Waals surface area contributed by atoms with E-state index in [1.165, 1.54) is 0 Å². The summed E-state index contributed by atoms with van der Waals surface area (Å²) in [6.45, 7) is 0. The second kappa shape index (κ2) is 5.02. The number of carbonyl (C=O) groups is 1. The molecule has 4 nitrogen and oxygen atoms in total. The molecule has 98 valence electrons. The summed E-state index contributed by atoms with van der Waals surface area (Å²) in [6, 6.07) is 3.81. The maximum absolute atomic E-state index is 11.3. The van der Waals surface area contributed by atoms with E-state index < -0.39 is 11.9 Å². The monoisotopic (exact) mass is 338 g/mol. The SMILES string of the molecule is O=C(O)C1CCCc2sc(-c3ccc(Br)cn3)nc21. The molecule has 1 N–H and O–H groups in total. The van der Waals surface area contributed by atoms with Gasteiger partial charge < -0.3 is 5.11 Å². The molecule has 3 rings (SSSR count). The summed E-state index contributed by atoms with van der Waals surface area (Å²) in [5.74, 6) is -1.23. The van der Waals surface area contributed by atoms with Gasteiger partial charge in [0.15, 0.2) is 0 Å². The van der Waals surface area contributed by atoms with E-state index in [1.54, 1.807) is 17.5 Å². The zero-order valence-electron chi connectivity index (χ0n) is 9.97. The molecule has 0 amide bonds. The fraction of sp³-hybridized carbons (Fsp3) is 0.308. The highest BCUT2D eigenvalue weighted by Gasteiger charge is 2.30.